The zero-order valence-electron chi connectivity index (χ0n) is 12.5. The summed E-state index contributed by atoms with van der Waals surface area (Å²) in [5, 5.41) is 18.2. The van der Waals surface area contributed by atoms with Gasteiger partial charge >= 0.3 is 0 Å². The Morgan fingerprint density at radius 2 is 2.00 bits per heavy atom. The molecule has 0 aliphatic rings. The van der Waals surface area contributed by atoms with E-state index in [1.54, 1.807) is 29.2 Å². The number of carbonyl (C=O) groups excluding carboxylic acids is 1. The molecule has 4 heteroatoms. The van der Waals surface area contributed by atoms with E-state index in [1.807, 2.05) is 37.3 Å². The first-order chi connectivity index (χ1) is 10.7. The summed E-state index contributed by atoms with van der Waals surface area (Å²) in [6, 6.07) is 16.5. The van der Waals surface area contributed by atoms with Crippen molar-refractivity contribution in [3.63, 3.8) is 0 Å². The van der Waals surface area contributed by atoms with Crippen molar-refractivity contribution in [3.05, 3.63) is 70.8 Å². The van der Waals surface area contributed by atoms with E-state index in [4.69, 9.17) is 5.26 Å². The highest BCUT2D eigenvalue weighted by molar-refractivity contribution is 5.94. The molecule has 0 bridgehead atoms. The van der Waals surface area contributed by atoms with Gasteiger partial charge in [0.25, 0.3) is 5.91 Å². The summed E-state index contributed by atoms with van der Waals surface area (Å²) in [6.45, 7) is 2.58. The van der Waals surface area contributed by atoms with Crippen molar-refractivity contribution in [2.45, 2.75) is 13.5 Å². The van der Waals surface area contributed by atoms with Crippen molar-refractivity contribution in [1.82, 2.24) is 4.90 Å². The third-order valence-electron chi connectivity index (χ3n) is 3.52. The van der Waals surface area contributed by atoms with Gasteiger partial charge in [-0.1, -0.05) is 30.3 Å². The van der Waals surface area contributed by atoms with Crippen LogP contribution in [0.2, 0.25) is 0 Å². The molecule has 0 aliphatic carbocycles. The van der Waals surface area contributed by atoms with Gasteiger partial charge in [-0.25, -0.2) is 0 Å². The van der Waals surface area contributed by atoms with Gasteiger partial charge in [-0.2, -0.15) is 5.26 Å². The number of aliphatic hydroxyl groups excluding tert-OH is 1. The fourth-order valence-electron chi connectivity index (χ4n) is 2.27. The van der Waals surface area contributed by atoms with Crippen molar-refractivity contribution >= 4 is 5.91 Å². The average molecular weight is 294 g/mol. The molecule has 4 nitrogen and oxygen atoms in total. The highest BCUT2D eigenvalue weighted by atomic mass is 16.3. The molecule has 0 heterocycles. The molecule has 0 fully saturated rings. The molecular formula is C18H18N2O2. The molecule has 0 radical (unpaired) electrons. The molecule has 112 valence electrons. The first-order valence-corrected chi connectivity index (χ1v) is 7.10. The van der Waals surface area contributed by atoms with Crippen LogP contribution in [0, 0.1) is 18.3 Å². The second-order valence-corrected chi connectivity index (χ2v) is 5.07. The van der Waals surface area contributed by atoms with E-state index in [0.717, 1.165) is 11.1 Å². The summed E-state index contributed by atoms with van der Waals surface area (Å²) in [4.78, 5) is 14.2. The predicted molar refractivity (Wildman–Crippen MR) is 84.2 cm³/mol. The van der Waals surface area contributed by atoms with Crippen LogP contribution in [0.25, 0.3) is 0 Å². The Hall–Kier alpha value is -2.64. The van der Waals surface area contributed by atoms with Gasteiger partial charge in [0.05, 0.1) is 18.2 Å². The SMILES string of the molecule is Cc1ccccc1CN(CCO)C(=O)c1cccc(C#N)c1. The van der Waals surface area contributed by atoms with Crippen LogP contribution >= 0.6 is 0 Å². The van der Waals surface area contributed by atoms with Gasteiger partial charge in [0.1, 0.15) is 0 Å². The van der Waals surface area contributed by atoms with Crippen molar-refractivity contribution in [2.24, 2.45) is 0 Å². The quantitative estimate of drug-likeness (QED) is 0.921. The minimum Gasteiger partial charge on any atom is -0.395 e. The minimum atomic E-state index is -0.186. The number of rotatable bonds is 5. The number of aliphatic hydroxyl groups is 1. The lowest BCUT2D eigenvalue weighted by atomic mass is 10.1. The van der Waals surface area contributed by atoms with Crippen molar-refractivity contribution in [3.8, 4) is 6.07 Å². The predicted octanol–water partition coefficient (Wildman–Crippen LogP) is 2.50. The number of carbonyl (C=O) groups is 1. The Bertz CT molecular complexity index is 704. The van der Waals surface area contributed by atoms with Crippen molar-refractivity contribution in [2.75, 3.05) is 13.2 Å². The molecule has 0 spiro atoms. The Balaban J connectivity index is 2.25. The molecule has 0 unspecified atom stereocenters. The first kappa shape index (κ1) is 15.7. The van der Waals surface area contributed by atoms with Gasteiger partial charge in [-0.3, -0.25) is 4.79 Å². The lowest BCUT2D eigenvalue weighted by Crippen LogP contribution is -2.33. The third-order valence-corrected chi connectivity index (χ3v) is 3.52. The number of hydrogen-bond acceptors (Lipinski definition) is 3. The van der Waals surface area contributed by atoms with Crippen LogP contribution in [-0.4, -0.2) is 29.1 Å². The normalized spacial score (nSPS) is 10.0. The molecule has 2 aromatic carbocycles. The van der Waals surface area contributed by atoms with E-state index in [2.05, 4.69) is 0 Å². The molecule has 0 atom stereocenters. The molecule has 0 aliphatic heterocycles. The highest BCUT2D eigenvalue weighted by Crippen LogP contribution is 2.14. The van der Waals surface area contributed by atoms with Crippen LogP contribution in [0.3, 0.4) is 0 Å². The average Bonchev–Trinajstić information content (AvgIpc) is 2.55. The topological polar surface area (TPSA) is 64.3 Å². The summed E-state index contributed by atoms with van der Waals surface area (Å²) in [7, 11) is 0. The molecule has 1 amide bonds. The monoisotopic (exact) mass is 294 g/mol. The molecule has 0 saturated carbocycles. The van der Waals surface area contributed by atoms with Gasteiger partial charge in [-0.15, -0.1) is 0 Å². The Kier molecular flexibility index (Phi) is 5.29. The fourth-order valence-corrected chi connectivity index (χ4v) is 2.27. The van der Waals surface area contributed by atoms with E-state index in [-0.39, 0.29) is 19.1 Å². The second kappa shape index (κ2) is 7.39. The van der Waals surface area contributed by atoms with E-state index in [1.165, 1.54) is 0 Å². The number of nitriles is 1. The smallest absolute Gasteiger partial charge is 0.254 e. The molecule has 22 heavy (non-hydrogen) atoms. The second-order valence-electron chi connectivity index (χ2n) is 5.07. The summed E-state index contributed by atoms with van der Waals surface area (Å²) >= 11 is 0. The van der Waals surface area contributed by atoms with E-state index in [0.29, 0.717) is 17.7 Å². The van der Waals surface area contributed by atoms with Crippen LogP contribution in [-0.2, 0) is 6.54 Å². The van der Waals surface area contributed by atoms with Gasteiger partial charge in [0, 0.05) is 18.7 Å². The third kappa shape index (κ3) is 3.72. The summed E-state index contributed by atoms with van der Waals surface area (Å²) in [5.41, 5.74) is 3.05. The Morgan fingerprint density at radius 1 is 1.23 bits per heavy atom. The van der Waals surface area contributed by atoms with E-state index >= 15 is 0 Å². The van der Waals surface area contributed by atoms with E-state index < -0.39 is 0 Å². The molecule has 2 aromatic rings. The standard InChI is InChI=1S/C18H18N2O2/c1-14-5-2-3-7-17(14)13-20(9-10-21)18(22)16-8-4-6-15(11-16)12-19/h2-8,11,21H,9-10,13H2,1H3. The molecule has 0 saturated heterocycles. The first-order valence-electron chi connectivity index (χ1n) is 7.10. The lowest BCUT2D eigenvalue weighted by molar-refractivity contribution is 0.0707. The number of aryl methyl sites for hydroxylation is 1. The summed E-state index contributed by atoms with van der Waals surface area (Å²) in [6.07, 6.45) is 0. The maximum Gasteiger partial charge on any atom is 0.254 e. The largest absolute Gasteiger partial charge is 0.395 e. The Labute approximate surface area is 130 Å². The molecule has 0 aromatic heterocycles. The van der Waals surface area contributed by atoms with Crippen LogP contribution in [0.4, 0.5) is 0 Å². The lowest BCUT2D eigenvalue weighted by Gasteiger charge is -2.23. The maximum absolute atomic E-state index is 12.6. The number of benzene rings is 2. The van der Waals surface area contributed by atoms with Crippen LogP contribution < -0.4 is 0 Å². The van der Waals surface area contributed by atoms with Gasteiger partial charge in [-0.05, 0) is 36.2 Å². The zero-order valence-corrected chi connectivity index (χ0v) is 12.5. The van der Waals surface area contributed by atoms with Gasteiger partial charge in [0.15, 0.2) is 0 Å². The van der Waals surface area contributed by atoms with Crippen LogP contribution in [0.15, 0.2) is 48.5 Å². The van der Waals surface area contributed by atoms with Gasteiger partial charge < -0.3 is 10.0 Å². The number of hydrogen-bond donors (Lipinski definition) is 1. The molecule has 2 rings (SSSR count). The summed E-state index contributed by atoms with van der Waals surface area (Å²) < 4.78 is 0. The van der Waals surface area contributed by atoms with Gasteiger partial charge in [0.2, 0.25) is 0 Å². The minimum absolute atomic E-state index is 0.102. The fraction of sp³-hybridized carbons (Fsp3) is 0.222. The van der Waals surface area contributed by atoms with Crippen molar-refractivity contribution < 1.29 is 9.90 Å². The Morgan fingerprint density at radius 3 is 2.68 bits per heavy atom. The molecule has 1 N–H and O–H groups in total. The maximum atomic E-state index is 12.6. The number of nitrogens with zero attached hydrogens (tertiary/aromatic N) is 2. The highest BCUT2D eigenvalue weighted by Gasteiger charge is 2.16. The van der Waals surface area contributed by atoms with Crippen molar-refractivity contribution in [1.29, 1.82) is 5.26 Å². The van der Waals surface area contributed by atoms with Crippen LogP contribution in [0.1, 0.15) is 27.0 Å². The molecular weight excluding hydrogens is 276 g/mol. The van der Waals surface area contributed by atoms with Crippen LogP contribution in [0.5, 0.6) is 0 Å². The zero-order chi connectivity index (χ0) is 15.9. The van der Waals surface area contributed by atoms with E-state index in [9.17, 15) is 9.90 Å². The number of amides is 1. The summed E-state index contributed by atoms with van der Waals surface area (Å²) in [5.74, 6) is -0.186.